The Balaban J connectivity index is 2.66. The molecule has 13 heavy (non-hydrogen) atoms. The van der Waals surface area contributed by atoms with Gasteiger partial charge in [-0.1, -0.05) is 27.5 Å². The minimum atomic E-state index is -0.252. The zero-order valence-corrected chi connectivity index (χ0v) is 9.77. The van der Waals surface area contributed by atoms with Crippen molar-refractivity contribution in [3.8, 4) is 0 Å². The van der Waals surface area contributed by atoms with Crippen LogP contribution in [-0.2, 0) is 6.42 Å². The van der Waals surface area contributed by atoms with Gasteiger partial charge in [0.25, 0.3) is 0 Å². The van der Waals surface area contributed by atoms with Gasteiger partial charge in [0.15, 0.2) is 0 Å². The van der Waals surface area contributed by atoms with Gasteiger partial charge in [-0.2, -0.15) is 0 Å². The van der Waals surface area contributed by atoms with Crippen molar-refractivity contribution >= 4 is 27.5 Å². The van der Waals surface area contributed by atoms with E-state index in [9.17, 15) is 0 Å². The molecule has 0 heterocycles. The highest BCUT2D eigenvalue weighted by molar-refractivity contribution is 9.10. The van der Waals surface area contributed by atoms with Crippen molar-refractivity contribution < 1.29 is 5.11 Å². The summed E-state index contributed by atoms with van der Waals surface area (Å²) in [6, 6.07) is 5.80. The van der Waals surface area contributed by atoms with Crippen LogP contribution < -0.4 is 0 Å². The molecule has 0 aromatic heterocycles. The summed E-state index contributed by atoms with van der Waals surface area (Å²) >= 11 is 9.25. The molecule has 0 saturated carbocycles. The molecule has 0 saturated heterocycles. The summed E-state index contributed by atoms with van der Waals surface area (Å²) in [5.74, 6) is 0. The number of benzene rings is 1. The highest BCUT2D eigenvalue weighted by Gasteiger charge is 2.00. The largest absolute Gasteiger partial charge is 0.393 e. The summed E-state index contributed by atoms with van der Waals surface area (Å²) in [5.41, 5.74) is 1.15. The average Bonchev–Trinajstić information content (AvgIpc) is 1.99. The lowest BCUT2D eigenvalue weighted by Gasteiger charge is -2.05. The van der Waals surface area contributed by atoms with E-state index in [1.165, 1.54) is 0 Å². The molecule has 0 amide bonds. The van der Waals surface area contributed by atoms with Crippen molar-refractivity contribution in [1.82, 2.24) is 0 Å². The minimum Gasteiger partial charge on any atom is -0.393 e. The maximum absolute atomic E-state index is 9.11. The molecule has 1 rings (SSSR count). The van der Waals surface area contributed by atoms with Crippen LogP contribution in [0.4, 0.5) is 0 Å². The monoisotopic (exact) mass is 262 g/mol. The predicted octanol–water partition coefficient (Wildman–Crippen LogP) is 3.42. The molecule has 0 unspecified atom stereocenters. The molecule has 0 spiro atoms. The van der Waals surface area contributed by atoms with Crippen molar-refractivity contribution in [2.45, 2.75) is 25.9 Å². The predicted molar refractivity (Wildman–Crippen MR) is 59.2 cm³/mol. The van der Waals surface area contributed by atoms with Gasteiger partial charge in [-0.3, -0.25) is 0 Å². The van der Waals surface area contributed by atoms with Crippen LogP contribution in [0.25, 0.3) is 0 Å². The van der Waals surface area contributed by atoms with Gasteiger partial charge in [0.2, 0.25) is 0 Å². The molecule has 1 atom stereocenters. The van der Waals surface area contributed by atoms with Gasteiger partial charge in [0, 0.05) is 9.50 Å². The van der Waals surface area contributed by atoms with E-state index in [0.717, 1.165) is 27.9 Å². The molecule has 0 bridgehead atoms. The number of hydrogen-bond acceptors (Lipinski definition) is 1. The molecule has 0 fully saturated rings. The molecule has 3 heteroatoms. The van der Waals surface area contributed by atoms with Gasteiger partial charge >= 0.3 is 0 Å². The highest BCUT2D eigenvalue weighted by Crippen LogP contribution is 2.20. The van der Waals surface area contributed by atoms with E-state index in [-0.39, 0.29) is 6.10 Å². The smallest absolute Gasteiger partial charge is 0.0515 e. The number of aliphatic hydroxyl groups excluding tert-OH is 1. The van der Waals surface area contributed by atoms with Crippen molar-refractivity contribution in [3.63, 3.8) is 0 Å². The number of aryl methyl sites for hydroxylation is 1. The fraction of sp³-hybridized carbons (Fsp3) is 0.400. The first kappa shape index (κ1) is 11.0. The number of hydrogen-bond donors (Lipinski definition) is 1. The van der Waals surface area contributed by atoms with Crippen LogP contribution in [0.1, 0.15) is 18.9 Å². The Labute approximate surface area is 91.9 Å². The van der Waals surface area contributed by atoms with Crippen molar-refractivity contribution in [1.29, 1.82) is 0 Å². The summed E-state index contributed by atoms with van der Waals surface area (Å²) in [6.07, 6.45) is 1.38. The third-order valence-corrected chi connectivity index (χ3v) is 2.45. The van der Waals surface area contributed by atoms with Crippen LogP contribution in [0.2, 0.25) is 5.02 Å². The van der Waals surface area contributed by atoms with Crippen molar-refractivity contribution in [3.05, 3.63) is 33.3 Å². The number of rotatable bonds is 3. The lowest BCUT2D eigenvalue weighted by atomic mass is 10.1. The van der Waals surface area contributed by atoms with Gasteiger partial charge < -0.3 is 5.11 Å². The summed E-state index contributed by atoms with van der Waals surface area (Å²) in [6.45, 7) is 1.79. The SMILES string of the molecule is C[C@H](O)CCc1cc(Cl)cc(Br)c1. The molecule has 0 radical (unpaired) electrons. The Hall–Kier alpha value is -0.0500. The zero-order chi connectivity index (χ0) is 9.84. The molecule has 1 nitrogen and oxygen atoms in total. The molecule has 1 aromatic carbocycles. The van der Waals surface area contributed by atoms with Crippen LogP contribution in [0.5, 0.6) is 0 Å². The maximum Gasteiger partial charge on any atom is 0.0515 e. The third kappa shape index (κ3) is 4.12. The zero-order valence-electron chi connectivity index (χ0n) is 7.43. The van der Waals surface area contributed by atoms with E-state index < -0.39 is 0 Å². The second kappa shape index (κ2) is 4.99. The van der Waals surface area contributed by atoms with Crippen LogP contribution in [0.3, 0.4) is 0 Å². The Morgan fingerprint density at radius 3 is 2.69 bits per heavy atom. The van der Waals surface area contributed by atoms with Gasteiger partial charge in [-0.15, -0.1) is 0 Å². The fourth-order valence-corrected chi connectivity index (χ4v) is 2.06. The highest BCUT2D eigenvalue weighted by atomic mass is 79.9. The Kier molecular flexibility index (Phi) is 4.23. The number of aliphatic hydroxyl groups is 1. The summed E-state index contributed by atoms with van der Waals surface area (Å²) in [4.78, 5) is 0. The van der Waals surface area contributed by atoms with Crippen molar-refractivity contribution in [2.24, 2.45) is 0 Å². The van der Waals surface area contributed by atoms with E-state index >= 15 is 0 Å². The van der Waals surface area contributed by atoms with Crippen LogP contribution >= 0.6 is 27.5 Å². The van der Waals surface area contributed by atoms with Crippen LogP contribution in [-0.4, -0.2) is 11.2 Å². The van der Waals surface area contributed by atoms with Gasteiger partial charge in [-0.25, -0.2) is 0 Å². The van der Waals surface area contributed by atoms with E-state index in [1.807, 2.05) is 18.2 Å². The van der Waals surface area contributed by atoms with E-state index in [0.29, 0.717) is 0 Å². The molecular formula is C10H12BrClO. The molecule has 72 valence electrons. The van der Waals surface area contributed by atoms with Crippen molar-refractivity contribution in [2.75, 3.05) is 0 Å². The summed E-state index contributed by atoms with van der Waals surface area (Å²) < 4.78 is 0.987. The second-order valence-electron chi connectivity index (χ2n) is 3.17. The lowest BCUT2D eigenvalue weighted by molar-refractivity contribution is 0.185. The number of halogens is 2. The van der Waals surface area contributed by atoms with Gasteiger partial charge in [-0.05, 0) is 43.5 Å². The lowest BCUT2D eigenvalue weighted by Crippen LogP contribution is -2.01. The third-order valence-electron chi connectivity index (χ3n) is 1.77. The molecule has 0 aliphatic heterocycles. The van der Waals surface area contributed by atoms with Gasteiger partial charge in [0.1, 0.15) is 0 Å². The quantitative estimate of drug-likeness (QED) is 0.886. The van der Waals surface area contributed by atoms with Crippen LogP contribution in [0.15, 0.2) is 22.7 Å². The summed E-state index contributed by atoms with van der Waals surface area (Å²) in [5, 5.41) is 9.84. The van der Waals surface area contributed by atoms with E-state index in [1.54, 1.807) is 6.92 Å². The first-order valence-electron chi connectivity index (χ1n) is 4.21. The second-order valence-corrected chi connectivity index (χ2v) is 4.52. The molecule has 1 N–H and O–H groups in total. The maximum atomic E-state index is 9.11. The Morgan fingerprint density at radius 1 is 1.46 bits per heavy atom. The average molecular weight is 264 g/mol. The topological polar surface area (TPSA) is 20.2 Å². The first-order chi connectivity index (χ1) is 6.08. The molecular weight excluding hydrogens is 251 g/mol. The van der Waals surface area contributed by atoms with E-state index in [2.05, 4.69) is 15.9 Å². The molecule has 1 aromatic rings. The summed E-state index contributed by atoms with van der Waals surface area (Å²) in [7, 11) is 0. The van der Waals surface area contributed by atoms with E-state index in [4.69, 9.17) is 16.7 Å². The Bertz CT molecular complexity index is 266. The normalized spacial score (nSPS) is 12.9. The molecule has 0 aliphatic carbocycles. The fourth-order valence-electron chi connectivity index (χ4n) is 1.13. The Morgan fingerprint density at radius 2 is 2.15 bits per heavy atom. The minimum absolute atomic E-state index is 0.252. The van der Waals surface area contributed by atoms with Gasteiger partial charge in [0.05, 0.1) is 6.10 Å². The molecule has 0 aliphatic rings. The first-order valence-corrected chi connectivity index (χ1v) is 5.38. The standard InChI is InChI=1S/C10H12BrClO/c1-7(13)2-3-8-4-9(11)6-10(12)5-8/h4-7,13H,2-3H2,1H3/t7-/m0/s1. The van der Waals surface area contributed by atoms with Crippen LogP contribution in [0, 0.1) is 0 Å².